The fourth-order valence-corrected chi connectivity index (χ4v) is 1.16. The van der Waals surface area contributed by atoms with Crippen molar-refractivity contribution in [3.63, 3.8) is 0 Å². The standard InChI is InChI=1S/C10H11N3O3/c1-6(15-2)9-12-10(16-13-9)8-7(14)4-3-5-11-8/h3-6,14H,1-2H3. The molecule has 6 nitrogen and oxygen atoms in total. The summed E-state index contributed by atoms with van der Waals surface area (Å²) in [6, 6.07) is 3.12. The zero-order valence-corrected chi connectivity index (χ0v) is 8.91. The van der Waals surface area contributed by atoms with E-state index < -0.39 is 0 Å². The van der Waals surface area contributed by atoms with Gasteiger partial charge >= 0.3 is 0 Å². The molecule has 0 fully saturated rings. The normalized spacial score (nSPS) is 12.6. The summed E-state index contributed by atoms with van der Waals surface area (Å²) in [5.74, 6) is 0.599. The highest BCUT2D eigenvalue weighted by Gasteiger charge is 2.17. The van der Waals surface area contributed by atoms with Gasteiger partial charge in [-0.1, -0.05) is 5.16 Å². The van der Waals surface area contributed by atoms with Crippen LogP contribution >= 0.6 is 0 Å². The van der Waals surface area contributed by atoms with Gasteiger partial charge < -0.3 is 14.4 Å². The first-order valence-corrected chi connectivity index (χ1v) is 4.73. The molecule has 0 spiro atoms. The number of aromatic hydroxyl groups is 1. The van der Waals surface area contributed by atoms with Crippen LogP contribution in [0.5, 0.6) is 5.75 Å². The van der Waals surface area contributed by atoms with E-state index in [1.165, 1.54) is 6.07 Å². The minimum atomic E-state index is -0.261. The van der Waals surface area contributed by atoms with Gasteiger partial charge in [0.25, 0.3) is 5.89 Å². The van der Waals surface area contributed by atoms with Gasteiger partial charge in [0.1, 0.15) is 11.9 Å². The Morgan fingerprint density at radius 1 is 1.50 bits per heavy atom. The van der Waals surface area contributed by atoms with Gasteiger partial charge in [0.05, 0.1) is 0 Å². The molecule has 1 atom stereocenters. The van der Waals surface area contributed by atoms with Crippen LogP contribution < -0.4 is 0 Å². The molecule has 0 aliphatic heterocycles. The van der Waals surface area contributed by atoms with Crippen molar-refractivity contribution in [2.75, 3.05) is 7.11 Å². The molecule has 0 bridgehead atoms. The molecule has 0 aromatic carbocycles. The van der Waals surface area contributed by atoms with Crippen LogP contribution in [0.3, 0.4) is 0 Å². The highest BCUT2D eigenvalue weighted by atomic mass is 16.5. The van der Waals surface area contributed by atoms with Gasteiger partial charge in [-0.05, 0) is 19.1 Å². The van der Waals surface area contributed by atoms with Crippen LogP contribution in [0.4, 0.5) is 0 Å². The predicted octanol–water partition coefficient (Wildman–Crippen LogP) is 1.54. The van der Waals surface area contributed by atoms with Crippen LogP contribution in [0.15, 0.2) is 22.9 Å². The van der Waals surface area contributed by atoms with Gasteiger partial charge in [0.2, 0.25) is 5.82 Å². The minimum absolute atomic E-state index is 0.00256. The maximum Gasteiger partial charge on any atom is 0.280 e. The Morgan fingerprint density at radius 3 is 3.00 bits per heavy atom. The van der Waals surface area contributed by atoms with E-state index in [1.54, 1.807) is 26.3 Å². The monoisotopic (exact) mass is 221 g/mol. The van der Waals surface area contributed by atoms with Crippen LogP contribution in [-0.2, 0) is 4.74 Å². The highest BCUT2D eigenvalue weighted by molar-refractivity contribution is 5.55. The lowest BCUT2D eigenvalue weighted by atomic mass is 10.3. The fraction of sp³-hybridized carbons (Fsp3) is 0.300. The van der Waals surface area contributed by atoms with Crippen LogP contribution in [0.2, 0.25) is 0 Å². The van der Waals surface area contributed by atoms with Crippen molar-refractivity contribution >= 4 is 0 Å². The molecule has 0 aliphatic rings. The molecule has 2 aromatic heterocycles. The molecule has 0 saturated heterocycles. The number of nitrogens with zero attached hydrogens (tertiary/aromatic N) is 3. The van der Waals surface area contributed by atoms with Crippen LogP contribution in [0.1, 0.15) is 18.9 Å². The molecule has 2 rings (SSSR count). The van der Waals surface area contributed by atoms with E-state index in [1.807, 2.05) is 0 Å². The molecule has 2 heterocycles. The lowest BCUT2D eigenvalue weighted by molar-refractivity contribution is 0.109. The van der Waals surface area contributed by atoms with Crippen molar-refractivity contribution in [2.45, 2.75) is 13.0 Å². The van der Waals surface area contributed by atoms with E-state index in [9.17, 15) is 5.11 Å². The van der Waals surface area contributed by atoms with E-state index in [-0.39, 0.29) is 23.4 Å². The zero-order chi connectivity index (χ0) is 11.5. The fourth-order valence-electron chi connectivity index (χ4n) is 1.16. The van der Waals surface area contributed by atoms with Crippen LogP contribution in [-0.4, -0.2) is 27.3 Å². The number of methoxy groups -OCH3 is 1. The Bertz CT molecular complexity index is 484. The predicted molar refractivity (Wildman–Crippen MR) is 54.6 cm³/mol. The summed E-state index contributed by atoms with van der Waals surface area (Å²) in [6.07, 6.45) is 1.28. The number of rotatable bonds is 3. The third-order valence-electron chi connectivity index (χ3n) is 2.15. The number of ether oxygens (including phenoxy) is 1. The topological polar surface area (TPSA) is 81.3 Å². The first-order valence-electron chi connectivity index (χ1n) is 4.73. The van der Waals surface area contributed by atoms with E-state index in [0.29, 0.717) is 5.82 Å². The maximum atomic E-state index is 9.55. The molecule has 0 aliphatic carbocycles. The molecular weight excluding hydrogens is 210 g/mol. The second kappa shape index (κ2) is 4.28. The van der Waals surface area contributed by atoms with Crippen molar-refractivity contribution in [1.29, 1.82) is 0 Å². The maximum absolute atomic E-state index is 9.55. The lowest BCUT2D eigenvalue weighted by Crippen LogP contribution is -1.97. The van der Waals surface area contributed by atoms with Gasteiger partial charge in [-0.3, -0.25) is 0 Å². The second-order valence-electron chi connectivity index (χ2n) is 3.21. The van der Waals surface area contributed by atoms with Crippen molar-refractivity contribution in [2.24, 2.45) is 0 Å². The molecule has 0 amide bonds. The number of hydrogen-bond acceptors (Lipinski definition) is 6. The van der Waals surface area contributed by atoms with Gasteiger partial charge in [-0.15, -0.1) is 0 Å². The Morgan fingerprint density at radius 2 is 2.31 bits per heavy atom. The summed E-state index contributed by atoms with van der Waals surface area (Å²) < 4.78 is 10.0. The van der Waals surface area contributed by atoms with E-state index in [4.69, 9.17) is 9.26 Å². The third-order valence-corrected chi connectivity index (χ3v) is 2.15. The van der Waals surface area contributed by atoms with E-state index in [2.05, 4.69) is 15.1 Å². The summed E-state index contributed by atoms with van der Waals surface area (Å²) in [5.41, 5.74) is 0.268. The zero-order valence-electron chi connectivity index (χ0n) is 8.91. The van der Waals surface area contributed by atoms with Gasteiger partial charge in [-0.25, -0.2) is 4.98 Å². The Hall–Kier alpha value is -1.95. The summed E-state index contributed by atoms with van der Waals surface area (Å²) >= 11 is 0. The van der Waals surface area contributed by atoms with Crippen molar-refractivity contribution in [3.05, 3.63) is 24.2 Å². The van der Waals surface area contributed by atoms with Gasteiger partial charge in [0.15, 0.2) is 5.69 Å². The molecule has 6 heteroatoms. The summed E-state index contributed by atoms with van der Waals surface area (Å²) in [5, 5.41) is 13.3. The highest BCUT2D eigenvalue weighted by Crippen LogP contribution is 2.25. The smallest absolute Gasteiger partial charge is 0.280 e. The summed E-state index contributed by atoms with van der Waals surface area (Å²) in [4.78, 5) is 8.05. The Kier molecular flexibility index (Phi) is 2.82. The molecule has 2 aromatic rings. The van der Waals surface area contributed by atoms with Crippen molar-refractivity contribution in [1.82, 2.24) is 15.1 Å². The molecule has 0 saturated carbocycles. The van der Waals surface area contributed by atoms with E-state index in [0.717, 1.165) is 0 Å². The molecule has 1 N–H and O–H groups in total. The second-order valence-corrected chi connectivity index (χ2v) is 3.21. The van der Waals surface area contributed by atoms with Gasteiger partial charge in [0, 0.05) is 13.3 Å². The van der Waals surface area contributed by atoms with Crippen molar-refractivity contribution in [3.8, 4) is 17.3 Å². The third kappa shape index (κ3) is 1.87. The number of hydrogen-bond donors (Lipinski definition) is 1. The molecule has 16 heavy (non-hydrogen) atoms. The van der Waals surface area contributed by atoms with Gasteiger partial charge in [-0.2, -0.15) is 4.98 Å². The quantitative estimate of drug-likeness (QED) is 0.846. The van der Waals surface area contributed by atoms with E-state index >= 15 is 0 Å². The first kappa shape index (κ1) is 10.6. The van der Waals surface area contributed by atoms with Crippen molar-refractivity contribution < 1.29 is 14.4 Å². The summed E-state index contributed by atoms with van der Waals surface area (Å²) in [7, 11) is 1.55. The van der Waals surface area contributed by atoms with Crippen LogP contribution in [0, 0.1) is 0 Å². The Balaban J connectivity index is 2.35. The minimum Gasteiger partial charge on any atom is -0.505 e. The molecule has 84 valence electrons. The largest absolute Gasteiger partial charge is 0.505 e. The average molecular weight is 221 g/mol. The average Bonchev–Trinajstić information content (AvgIpc) is 2.78. The molecular formula is C10H11N3O3. The SMILES string of the molecule is COC(C)c1noc(-c2ncccc2O)n1. The first-order chi connectivity index (χ1) is 7.72. The Labute approximate surface area is 91.9 Å². The van der Waals surface area contributed by atoms with Crippen LogP contribution in [0.25, 0.3) is 11.6 Å². The number of pyridine rings is 1. The molecule has 1 unspecified atom stereocenters. The molecule has 0 radical (unpaired) electrons. The number of aromatic nitrogens is 3. The lowest BCUT2D eigenvalue weighted by Gasteiger charge is -2.01. The summed E-state index contributed by atoms with van der Waals surface area (Å²) in [6.45, 7) is 1.80.